The molecule has 0 aromatic carbocycles. The molecule has 2 aliphatic rings. The number of piperidine rings is 1. The number of urea groups is 1. The van der Waals surface area contributed by atoms with E-state index in [1.54, 1.807) is 4.90 Å². The molecule has 4 amide bonds. The Morgan fingerprint density at radius 2 is 1.71 bits per heavy atom. The third-order valence-corrected chi connectivity index (χ3v) is 3.37. The topological polar surface area (TPSA) is 116 Å². The average Bonchev–Trinajstić information content (AvgIpc) is 2.44. The van der Waals surface area contributed by atoms with Crippen LogP contribution in [0.2, 0.25) is 0 Å². The van der Waals surface area contributed by atoms with Crippen LogP contribution in [-0.4, -0.2) is 77.6 Å². The van der Waals surface area contributed by atoms with Gasteiger partial charge in [-0.2, -0.15) is 0 Å². The van der Waals surface area contributed by atoms with E-state index >= 15 is 0 Å². The van der Waals surface area contributed by atoms with Crippen molar-refractivity contribution < 1.29 is 29.0 Å². The molecule has 0 unspecified atom stereocenters. The SMILES string of the molecule is O=C(O)COC1CCN(C(=O)N2CC(=O)NC(=O)C2)CC1. The molecule has 0 aromatic rings. The van der Waals surface area contributed by atoms with E-state index in [4.69, 9.17) is 9.84 Å². The molecule has 0 atom stereocenters. The Hall–Kier alpha value is -2.16. The first-order valence-corrected chi connectivity index (χ1v) is 6.65. The number of nitrogens with one attached hydrogen (secondary N) is 1. The second-order valence-electron chi connectivity index (χ2n) is 5.00. The molecule has 9 nitrogen and oxygen atoms in total. The summed E-state index contributed by atoms with van der Waals surface area (Å²) < 4.78 is 5.18. The number of carbonyl (C=O) groups is 4. The summed E-state index contributed by atoms with van der Waals surface area (Å²) in [6.07, 6.45) is 0.886. The third-order valence-electron chi connectivity index (χ3n) is 3.37. The summed E-state index contributed by atoms with van der Waals surface area (Å²) in [4.78, 5) is 47.9. The van der Waals surface area contributed by atoms with Crippen LogP contribution >= 0.6 is 0 Å². The molecule has 0 bridgehead atoms. The number of amides is 4. The fourth-order valence-electron chi connectivity index (χ4n) is 2.38. The summed E-state index contributed by atoms with van der Waals surface area (Å²) in [5.74, 6) is -2.00. The normalized spacial score (nSPS) is 20.4. The van der Waals surface area contributed by atoms with Gasteiger partial charge >= 0.3 is 12.0 Å². The van der Waals surface area contributed by atoms with Gasteiger partial charge in [0.25, 0.3) is 0 Å². The quantitative estimate of drug-likeness (QED) is 0.621. The minimum Gasteiger partial charge on any atom is -0.480 e. The van der Waals surface area contributed by atoms with Crippen LogP contribution in [0.4, 0.5) is 4.79 Å². The van der Waals surface area contributed by atoms with Crippen molar-refractivity contribution >= 4 is 23.8 Å². The van der Waals surface area contributed by atoms with E-state index in [1.807, 2.05) is 0 Å². The molecule has 0 saturated carbocycles. The summed E-state index contributed by atoms with van der Waals surface area (Å²) in [5, 5.41) is 10.7. The summed E-state index contributed by atoms with van der Waals surface area (Å²) in [6, 6.07) is -0.352. The van der Waals surface area contributed by atoms with Gasteiger partial charge in [-0.1, -0.05) is 0 Å². The van der Waals surface area contributed by atoms with Crippen molar-refractivity contribution in [3.63, 3.8) is 0 Å². The van der Waals surface area contributed by atoms with E-state index in [-0.39, 0.29) is 31.8 Å². The van der Waals surface area contributed by atoms with E-state index in [2.05, 4.69) is 5.32 Å². The van der Waals surface area contributed by atoms with Crippen LogP contribution in [0, 0.1) is 0 Å². The number of aliphatic carboxylic acids is 1. The Morgan fingerprint density at radius 1 is 1.14 bits per heavy atom. The minimum atomic E-state index is -1.02. The zero-order valence-electron chi connectivity index (χ0n) is 11.4. The van der Waals surface area contributed by atoms with Crippen molar-refractivity contribution in [1.29, 1.82) is 0 Å². The van der Waals surface area contributed by atoms with Crippen LogP contribution in [0.3, 0.4) is 0 Å². The zero-order valence-corrected chi connectivity index (χ0v) is 11.4. The van der Waals surface area contributed by atoms with E-state index in [0.29, 0.717) is 25.9 Å². The van der Waals surface area contributed by atoms with Gasteiger partial charge < -0.3 is 19.6 Å². The maximum atomic E-state index is 12.2. The van der Waals surface area contributed by atoms with Gasteiger partial charge in [0.15, 0.2) is 0 Å². The van der Waals surface area contributed by atoms with Crippen LogP contribution in [0.5, 0.6) is 0 Å². The number of carbonyl (C=O) groups excluding carboxylic acids is 3. The molecular formula is C12H17N3O6. The highest BCUT2D eigenvalue weighted by molar-refractivity contribution is 6.02. The fraction of sp³-hybridized carbons (Fsp3) is 0.667. The lowest BCUT2D eigenvalue weighted by Crippen LogP contribution is -2.57. The Kier molecular flexibility index (Phi) is 4.73. The summed E-state index contributed by atoms with van der Waals surface area (Å²) in [5.41, 5.74) is 0. The lowest BCUT2D eigenvalue weighted by molar-refractivity contribution is -0.145. The number of carboxylic acid groups (broad SMARTS) is 1. The number of carboxylic acids is 1. The Morgan fingerprint density at radius 3 is 2.24 bits per heavy atom. The molecule has 2 rings (SSSR count). The Balaban J connectivity index is 1.81. The van der Waals surface area contributed by atoms with E-state index in [9.17, 15) is 19.2 Å². The Bertz CT molecular complexity index is 442. The second kappa shape index (κ2) is 6.53. The molecule has 2 N–H and O–H groups in total. The van der Waals surface area contributed by atoms with Gasteiger partial charge in [-0.15, -0.1) is 0 Å². The van der Waals surface area contributed by atoms with Crippen molar-refractivity contribution in [3.05, 3.63) is 0 Å². The van der Waals surface area contributed by atoms with Gasteiger partial charge in [0.2, 0.25) is 11.8 Å². The van der Waals surface area contributed by atoms with Crippen molar-refractivity contribution in [1.82, 2.24) is 15.1 Å². The highest BCUT2D eigenvalue weighted by Gasteiger charge is 2.31. The first-order chi connectivity index (χ1) is 9.95. The molecule has 2 aliphatic heterocycles. The van der Waals surface area contributed by atoms with Crippen molar-refractivity contribution in [2.45, 2.75) is 18.9 Å². The van der Waals surface area contributed by atoms with Crippen LogP contribution in [0.25, 0.3) is 0 Å². The smallest absolute Gasteiger partial charge is 0.329 e. The van der Waals surface area contributed by atoms with Gasteiger partial charge in [0.05, 0.1) is 6.10 Å². The molecule has 9 heteroatoms. The lowest BCUT2D eigenvalue weighted by Gasteiger charge is -2.36. The number of hydrogen-bond acceptors (Lipinski definition) is 5. The largest absolute Gasteiger partial charge is 0.480 e. The highest BCUT2D eigenvalue weighted by Crippen LogP contribution is 2.15. The average molecular weight is 299 g/mol. The lowest BCUT2D eigenvalue weighted by atomic mass is 10.1. The summed E-state index contributed by atoms with van der Waals surface area (Å²) in [6.45, 7) is 0.226. The van der Waals surface area contributed by atoms with Crippen molar-refractivity contribution in [3.8, 4) is 0 Å². The highest BCUT2D eigenvalue weighted by atomic mass is 16.5. The molecule has 0 spiro atoms. The maximum Gasteiger partial charge on any atom is 0.329 e. The van der Waals surface area contributed by atoms with Crippen LogP contribution < -0.4 is 5.32 Å². The van der Waals surface area contributed by atoms with E-state index < -0.39 is 17.8 Å². The summed E-state index contributed by atoms with van der Waals surface area (Å²) in [7, 11) is 0. The third kappa shape index (κ3) is 4.15. The number of imide groups is 1. The predicted octanol–water partition coefficient (Wildman–Crippen LogP) is -1.37. The molecule has 0 aliphatic carbocycles. The molecule has 0 radical (unpaired) electrons. The van der Waals surface area contributed by atoms with E-state index in [0.717, 1.165) is 0 Å². The van der Waals surface area contributed by atoms with Gasteiger partial charge in [-0.3, -0.25) is 14.9 Å². The number of likely N-dealkylation sites (tertiary alicyclic amines) is 1. The molecule has 2 fully saturated rings. The molecule has 21 heavy (non-hydrogen) atoms. The van der Waals surface area contributed by atoms with E-state index in [1.165, 1.54) is 4.90 Å². The fourth-order valence-corrected chi connectivity index (χ4v) is 2.38. The number of rotatable bonds is 3. The second-order valence-corrected chi connectivity index (χ2v) is 5.00. The van der Waals surface area contributed by atoms with Crippen LogP contribution in [0.1, 0.15) is 12.8 Å². The van der Waals surface area contributed by atoms with Gasteiger partial charge in [0, 0.05) is 13.1 Å². The first kappa shape index (κ1) is 15.2. The zero-order chi connectivity index (χ0) is 15.4. The van der Waals surface area contributed by atoms with Crippen molar-refractivity contribution in [2.24, 2.45) is 0 Å². The monoisotopic (exact) mass is 299 g/mol. The molecule has 2 saturated heterocycles. The molecule has 116 valence electrons. The minimum absolute atomic E-state index is 0.125. The van der Waals surface area contributed by atoms with Gasteiger partial charge in [-0.05, 0) is 12.8 Å². The molecule has 0 aromatic heterocycles. The van der Waals surface area contributed by atoms with Crippen LogP contribution in [-0.2, 0) is 19.1 Å². The van der Waals surface area contributed by atoms with Gasteiger partial charge in [0.1, 0.15) is 19.7 Å². The van der Waals surface area contributed by atoms with Crippen LogP contribution in [0.15, 0.2) is 0 Å². The maximum absolute atomic E-state index is 12.2. The number of piperazine rings is 1. The molecule has 2 heterocycles. The standard InChI is InChI=1S/C12H17N3O6/c16-9-5-15(6-10(17)13-9)12(20)14-3-1-8(2-4-14)21-7-11(18)19/h8H,1-7H2,(H,18,19)(H,13,16,17). The number of hydrogen-bond donors (Lipinski definition) is 2. The van der Waals surface area contributed by atoms with Crippen molar-refractivity contribution in [2.75, 3.05) is 32.8 Å². The Labute approximate surface area is 120 Å². The predicted molar refractivity (Wildman–Crippen MR) is 68.3 cm³/mol. The molecular weight excluding hydrogens is 282 g/mol. The number of nitrogens with zero attached hydrogens (tertiary/aromatic N) is 2. The first-order valence-electron chi connectivity index (χ1n) is 6.65. The number of ether oxygens (including phenoxy) is 1. The summed E-state index contributed by atoms with van der Waals surface area (Å²) >= 11 is 0. The van der Waals surface area contributed by atoms with Gasteiger partial charge in [-0.25, -0.2) is 9.59 Å².